The van der Waals surface area contributed by atoms with Gasteiger partial charge in [-0.1, -0.05) is 24.1 Å². The first-order valence-corrected chi connectivity index (χ1v) is 6.39. The average Bonchev–Trinajstić information content (AvgIpc) is 2.23. The normalized spacial score (nSPS) is 17.1. The number of halogens is 1. The van der Waals surface area contributed by atoms with Gasteiger partial charge in [0.2, 0.25) is 0 Å². The molecule has 0 radical (unpaired) electrons. The Kier molecular flexibility index (Phi) is 3.28. The lowest BCUT2D eigenvalue weighted by atomic mass is 9.63. The zero-order chi connectivity index (χ0) is 13.5. The number of benzene rings is 1. The fourth-order valence-corrected chi connectivity index (χ4v) is 3.06. The average molecular weight is 269 g/mol. The van der Waals surface area contributed by atoms with Gasteiger partial charge in [0.25, 0.3) is 0 Å². The monoisotopic (exact) mass is 268 g/mol. The highest BCUT2D eigenvalue weighted by Gasteiger charge is 2.49. The summed E-state index contributed by atoms with van der Waals surface area (Å²) < 4.78 is 5.40. The van der Waals surface area contributed by atoms with Crippen molar-refractivity contribution in [1.29, 1.82) is 0 Å². The van der Waals surface area contributed by atoms with E-state index in [9.17, 15) is 9.90 Å². The van der Waals surface area contributed by atoms with E-state index in [-0.39, 0.29) is 0 Å². The molecule has 3 nitrogen and oxygen atoms in total. The van der Waals surface area contributed by atoms with Crippen molar-refractivity contribution in [3.63, 3.8) is 0 Å². The van der Waals surface area contributed by atoms with Crippen molar-refractivity contribution in [3.8, 4) is 5.75 Å². The third-order valence-electron chi connectivity index (χ3n) is 3.88. The van der Waals surface area contributed by atoms with E-state index in [0.717, 1.165) is 17.5 Å². The molecule has 1 N–H and O–H groups in total. The van der Waals surface area contributed by atoms with E-state index in [4.69, 9.17) is 16.3 Å². The summed E-state index contributed by atoms with van der Waals surface area (Å²) >= 11 is 6.35. The van der Waals surface area contributed by atoms with Gasteiger partial charge in [-0.3, -0.25) is 4.79 Å². The standard InChI is InChI=1S/C14H17ClO3/c1-8-7-9(2)12(18-3)10(11(8)15)14(13(16)17)5-4-6-14/h7H,4-6H2,1-3H3,(H,16,17). The smallest absolute Gasteiger partial charge is 0.314 e. The minimum Gasteiger partial charge on any atom is -0.496 e. The van der Waals surface area contributed by atoms with Crippen LogP contribution in [0.3, 0.4) is 0 Å². The van der Waals surface area contributed by atoms with Crippen molar-refractivity contribution in [2.45, 2.75) is 38.5 Å². The molecule has 1 saturated carbocycles. The number of aryl methyl sites for hydroxylation is 2. The van der Waals surface area contributed by atoms with Crippen LogP contribution in [0, 0.1) is 13.8 Å². The number of methoxy groups -OCH3 is 1. The minimum absolute atomic E-state index is 0.527. The van der Waals surface area contributed by atoms with Crippen molar-refractivity contribution in [2.24, 2.45) is 0 Å². The second-order valence-corrected chi connectivity index (χ2v) is 5.35. The molecule has 1 aliphatic rings. The van der Waals surface area contributed by atoms with Gasteiger partial charge in [0, 0.05) is 5.56 Å². The highest BCUT2D eigenvalue weighted by atomic mass is 35.5. The molecular weight excluding hydrogens is 252 g/mol. The zero-order valence-electron chi connectivity index (χ0n) is 10.8. The summed E-state index contributed by atoms with van der Waals surface area (Å²) in [6.07, 6.45) is 2.17. The fraction of sp³-hybridized carbons (Fsp3) is 0.500. The molecule has 0 atom stereocenters. The Bertz CT molecular complexity index is 504. The molecule has 0 unspecified atom stereocenters. The number of ether oxygens (including phenoxy) is 1. The van der Waals surface area contributed by atoms with E-state index in [0.29, 0.717) is 29.2 Å². The van der Waals surface area contributed by atoms with Crippen LogP contribution in [0.1, 0.15) is 36.0 Å². The molecule has 0 amide bonds. The van der Waals surface area contributed by atoms with Crippen molar-refractivity contribution < 1.29 is 14.6 Å². The Morgan fingerprint density at radius 3 is 2.39 bits per heavy atom. The topological polar surface area (TPSA) is 46.5 Å². The fourth-order valence-electron chi connectivity index (χ4n) is 2.74. The second kappa shape index (κ2) is 4.47. The van der Waals surface area contributed by atoms with Crippen LogP contribution in [-0.2, 0) is 10.2 Å². The highest BCUT2D eigenvalue weighted by molar-refractivity contribution is 6.32. The number of carbonyl (C=O) groups is 1. The molecule has 0 bridgehead atoms. The Labute approximate surface area is 112 Å². The number of hydrogen-bond acceptors (Lipinski definition) is 2. The minimum atomic E-state index is -0.862. The van der Waals surface area contributed by atoms with Crippen LogP contribution in [0.2, 0.25) is 5.02 Å². The summed E-state index contributed by atoms with van der Waals surface area (Å²) in [5, 5.41) is 10.1. The third kappa shape index (κ3) is 1.69. The van der Waals surface area contributed by atoms with Gasteiger partial charge in [-0.05, 0) is 37.8 Å². The first-order chi connectivity index (χ1) is 8.44. The first kappa shape index (κ1) is 13.2. The van der Waals surface area contributed by atoms with Crippen LogP contribution in [0.15, 0.2) is 6.07 Å². The van der Waals surface area contributed by atoms with Gasteiger partial charge in [0.05, 0.1) is 17.5 Å². The van der Waals surface area contributed by atoms with E-state index in [1.54, 1.807) is 7.11 Å². The molecule has 0 aromatic heterocycles. The van der Waals surface area contributed by atoms with Crippen LogP contribution in [0.5, 0.6) is 5.75 Å². The molecule has 0 spiro atoms. The second-order valence-electron chi connectivity index (χ2n) is 4.97. The molecule has 1 aromatic carbocycles. The van der Waals surface area contributed by atoms with E-state index >= 15 is 0 Å². The molecule has 0 saturated heterocycles. The van der Waals surface area contributed by atoms with Crippen LogP contribution in [0.25, 0.3) is 0 Å². The van der Waals surface area contributed by atoms with Gasteiger partial charge < -0.3 is 9.84 Å². The third-order valence-corrected chi connectivity index (χ3v) is 4.37. The number of rotatable bonds is 3. The van der Waals surface area contributed by atoms with E-state index in [1.165, 1.54) is 0 Å². The summed E-state index contributed by atoms with van der Waals surface area (Å²) in [6, 6.07) is 1.93. The molecule has 0 heterocycles. The molecule has 2 rings (SSSR count). The molecule has 4 heteroatoms. The zero-order valence-corrected chi connectivity index (χ0v) is 11.6. The van der Waals surface area contributed by atoms with Crippen LogP contribution < -0.4 is 4.74 Å². The van der Waals surface area contributed by atoms with Crippen LogP contribution in [-0.4, -0.2) is 18.2 Å². The van der Waals surface area contributed by atoms with Gasteiger partial charge in [-0.25, -0.2) is 0 Å². The lowest BCUT2D eigenvalue weighted by Crippen LogP contribution is -2.43. The summed E-state index contributed by atoms with van der Waals surface area (Å²) in [6.45, 7) is 3.81. The Morgan fingerprint density at radius 1 is 1.39 bits per heavy atom. The first-order valence-electron chi connectivity index (χ1n) is 6.01. The lowest BCUT2D eigenvalue weighted by molar-refractivity contribution is -0.147. The maximum absolute atomic E-state index is 11.6. The van der Waals surface area contributed by atoms with Gasteiger partial charge in [0.15, 0.2) is 0 Å². The maximum atomic E-state index is 11.6. The van der Waals surface area contributed by atoms with Crippen molar-refractivity contribution in [3.05, 3.63) is 27.8 Å². The van der Waals surface area contributed by atoms with Crippen LogP contribution in [0.4, 0.5) is 0 Å². The molecule has 98 valence electrons. The maximum Gasteiger partial charge on any atom is 0.314 e. The summed E-state index contributed by atoms with van der Waals surface area (Å²) in [5.41, 5.74) is 1.63. The van der Waals surface area contributed by atoms with Crippen molar-refractivity contribution in [1.82, 2.24) is 0 Å². The molecule has 1 aromatic rings. The predicted molar refractivity (Wildman–Crippen MR) is 70.6 cm³/mol. The van der Waals surface area contributed by atoms with Gasteiger partial charge in [0.1, 0.15) is 5.75 Å². The van der Waals surface area contributed by atoms with Crippen molar-refractivity contribution in [2.75, 3.05) is 7.11 Å². The molecule has 18 heavy (non-hydrogen) atoms. The van der Waals surface area contributed by atoms with E-state index < -0.39 is 11.4 Å². The number of hydrogen-bond donors (Lipinski definition) is 1. The largest absolute Gasteiger partial charge is 0.496 e. The number of carboxylic acids is 1. The number of aliphatic carboxylic acids is 1. The van der Waals surface area contributed by atoms with E-state index in [2.05, 4.69) is 0 Å². The molecule has 1 fully saturated rings. The van der Waals surface area contributed by atoms with Crippen molar-refractivity contribution >= 4 is 17.6 Å². The molecular formula is C14H17ClO3. The Hall–Kier alpha value is -1.22. The quantitative estimate of drug-likeness (QED) is 0.913. The van der Waals surface area contributed by atoms with Gasteiger partial charge >= 0.3 is 5.97 Å². The molecule has 1 aliphatic carbocycles. The summed E-state index contributed by atoms with van der Waals surface area (Å²) in [7, 11) is 1.56. The van der Waals surface area contributed by atoms with Gasteiger partial charge in [-0.2, -0.15) is 0 Å². The Balaban J connectivity index is 2.72. The summed E-state index contributed by atoms with van der Waals surface area (Å²) in [4.78, 5) is 11.6. The molecule has 0 aliphatic heterocycles. The highest BCUT2D eigenvalue weighted by Crippen LogP contribution is 2.51. The SMILES string of the molecule is COc1c(C)cc(C)c(Cl)c1C1(C(=O)O)CCC1. The Morgan fingerprint density at radius 2 is 2.00 bits per heavy atom. The summed E-state index contributed by atoms with van der Waals surface area (Å²) in [5.74, 6) is -0.188. The van der Waals surface area contributed by atoms with Gasteiger partial charge in [-0.15, -0.1) is 0 Å². The number of carboxylic acid groups (broad SMARTS) is 1. The van der Waals surface area contributed by atoms with Crippen LogP contribution >= 0.6 is 11.6 Å². The predicted octanol–water partition coefficient (Wildman–Crippen LogP) is 3.47. The van der Waals surface area contributed by atoms with E-state index in [1.807, 2.05) is 19.9 Å². The lowest BCUT2D eigenvalue weighted by Gasteiger charge is -2.40.